The number of fused-ring (bicyclic) bond motifs is 5. The molecule has 19 heavy (non-hydrogen) atoms. The number of hydrogen-bond acceptors (Lipinski definition) is 0. The van der Waals surface area contributed by atoms with Crippen LogP contribution in [0.5, 0.6) is 0 Å². The molecule has 0 saturated heterocycles. The minimum absolute atomic E-state index is 1.13. The van der Waals surface area contributed by atoms with Gasteiger partial charge in [-0.2, -0.15) is 0 Å². The molecule has 0 radical (unpaired) electrons. The zero-order valence-electron chi connectivity index (χ0n) is 10.2. The van der Waals surface area contributed by atoms with Gasteiger partial charge < -0.3 is 0 Å². The highest BCUT2D eigenvalue weighted by Crippen LogP contribution is 2.32. The predicted molar refractivity (Wildman–Crippen MR) is 86.7 cm³/mol. The van der Waals surface area contributed by atoms with Crippen molar-refractivity contribution < 1.29 is 0 Å². The van der Waals surface area contributed by atoms with E-state index in [9.17, 15) is 0 Å². The zero-order valence-corrected chi connectivity index (χ0v) is 11.8. The van der Waals surface area contributed by atoms with Gasteiger partial charge in [-0.15, -0.1) is 0 Å². The van der Waals surface area contributed by atoms with Crippen molar-refractivity contribution in [2.45, 2.75) is 0 Å². The van der Waals surface area contributed by atoms with Crippen LogP contribution in [0.25, 0.3) is 32.3 Å². The molecule has 0 aliphatic heterocycles. The number of rotatable bonds is 0. The fraction of sp³-hybridized carbons (Fsp3) is 0. The quantitative estimate of drug-likeness (QED) is 0.354. The Hall–Kier alpha value is -1.86. The molecule has 0 aliphatic rings. The molecule has 0 bridgehead atoms. The first-order chi connectivity index (χ1) is 9.33. The molecule has 0 N–H and O–H groups in total. The molecule has 4 aromatic carbocycles. The van der Waals surface area contributed by atoms with Crippen LogP contribution >= 0.6 is 15.9 Å². The Morgan fingerprint density at radius 1 is 0.526 bits per heavy atom. The molecule has 0 atom stereocenters. The van der Waals surface area contributed by atoms with Gasteiger partial charge >= 0.3 is 0 Å². The molecule has 4 rings (SSSR count). The van der Waals surface area contributed by atoms with E-state index in [0.29, 0.717) is 0 Å². The molecule has 0 amide bonds. The fourth-order valence-electron chi connectivity index (χ4n) is 2.79. The molecule has 0 aliphatic carbocycles. The van der Waals surface area contributed by atoms with Crippen LogP contribution in [0.4, 0.5) is 0 Å². The summed E-state index contributed by atoms with van der Waals surface area (Å²) in [5, 5.41) is 7.84. The van der Waals surface area contributed by atoms with Gasteiger partial charge in [0.25, 0.3) is 0 Å². The maximum Gasteiger partial charge on any atom is 0.0181 e. The lowest BCUT2D eigenvalue weighted by Crippen LogP contribution is -1.80. The molecule has 0 nitrogen and oxygen atoms in total. The third kappa shape index (κ3) is 1.66. The highest BCUT2D eigenvalue weighted by atomic mass is 79.9. The van der Waals surface area contributed by atoms with Crippen LogP contribution in [0.3, 0.4) is 0 Å². The van der Waals surface area contributed by atoms with E-state index < -0.39 is 0 Å². The van der Waals surface area contributed by atoms with Crippen molar-refractivity contribution in [3.8, 4) is 0 Å². The molecule has 0 saturated carbocycles. The molecule has 0 aromatic heterocycles. The first-order valence-electron chi connectivity index (χ1n) is 6.33. The molecule has 90 valence electrons. The average Bonchev–Trinajstić information content (AvgIpc) is 2.46. The van der Waals surface area contributed by atoms with E-state index in [1.165, 1.54) is 32.3 Å². The Morgan fingerprint density at radius 2 is 1.16 bits per heavy atom. The third-order valence-electron chi connectivity index (χ3n) is 3.71. The largest absolute Gasteiger partial charge is 0.0616 e. The minimum atomic E-state index is 1.13. The summed E-state index contributed by atoms with van der Waals surface area (Å²) < 4.78 is 1.13. The van der Waals surface area contributed by atoms with Gasteiger partial charge in [-0.25, -0.2) is 0 Å². The third-order valence-corrected chi connectivity index (χ3v) is 4.20. The van der Waals surface area contributed by atoms with E-state index >= 15 is 0 Å². The van der Waals surface area contributed by atoms with Crippen molar-refractivity contribution in [1.82, 2.24) is 0 Å². The Bertz CT molecular complexity index is 922. The first kappa shape index (κ1) is 11.0. The summed E-state index contributed by atoms with van der Waals surface area (Å²) >= 11 is 3.57. The van der Waals surface area contributed by atoms with Crippen LogP contribution in [0.15, 0.2) is 71.2 Å². The van der Waals surface area contributed by atoms with Gasteiger partial charge in [0, 0.05) is 4.47 Å². The smallest absolute Gasteiger partial charge is 0.0181 e. The van der Waals surface area contributed by atoms with E-state index in [4.69, 9.17) is 0 Å². The molecule has 0 heterocycles. The Balaban J connectivity index is 2.28. The van der Waals surface area contributed by atoms with Crippen LogP contribution in [0.1, 0.15) is 0 Å². The van der Waals surface area contributed by atoms with E-state index in [1.807, 2.05) is 0 Å². The van der Waals surface area contributed by atoms with Gasteiger partial charge in [0.1, 0.15) is 0 Å². The van der Waals surface area contributed by atoms with Crippen molar-refractivity contribution >= 4 is 48.2 Å². The van der Waals surface area contributed by atoms with Crippen LogP contribution in [-0.2, 0) is 0 Å². The maximum atomic E-state index is 3.57. The second-order valence-electron chi connectivity index (χ2n) is 4.81. The van der Waals surface area contributed by atoms with Gasteiger partial charge in [-0.3, -0.25) is 0 Å². The number of benzene rings is 4. The normalized spacial score (nSPS) is 11.4. The van der Waals surface area contributed by atoms with Crippen molar-refractivity contribution in [3.05, 3.63) is 71.2 Å². The van der Waals surface area contributed by atoms with E-state index in [2.05, 4.69) is 82.7 Å². The molecule has 1 heteroatoms. The van der Waals surface area contributed by atoms with Gasteiger partial charge in [0.05, 0.1) is 0 Å². The van der Waals surface area contributed by atoms with Crippen LogP contribution in [-0.4, -0.2) is 0 Å². The van der Waals surface area contributed by atoms with Crippen LogP contribution in [0.2, 0.25) is 0 Å². The molecular formula is C18H11Br. The summed E-state index contributed by atoms with van der Waals surface area (Å²) in [4.78, 5) is 0. The van der Waals surface area contributed by atoms with Gasteiger partial charge in [-0.1, -0.05) is 70.5 Å². The van der Waals surface area contributed by atoms with Crippen molar-refractivity contribution in [1.29, 1.82) is 0 Å². The summed E-state index contributed by atoms with van der Waals surface area (Å²) in [5.41, 5.74) is 0. The molecule has 0 spiro atoms. The monoisotopic (exact) mass is 306 g/mol. The van der Waals surface area contributed by atoms with E-state index in [0.717, 1.165) is 4.47 Å². The Kier molecular flexibility index (Phi) is 2.36. The van der Waals surface area contributed by atoms with Gasteiger partial charge in [0.15, 0.2) is 0 Å². The SMILES string of the molecule is Brc1ccc2ccc3c4ccccc4ccc3c2c1. The van der Waals surface area contributed by atoms with Crippen molar-refractivity contribution in [2.75, 3.05) is 0 Å². The van der Waals surface area contributed by atoms with Gasteiger partial charge in [0.2, 0.25) is 0 Å². The van der Waals surface area contributed by atoms with Gasteiger partial charge in [-0.05, 0) is 44.5 Å². The van der Waals surface area contributed by atoms with Crippen molar-refractivity contribution in [2.24, 2.45) is 0 Å². The summed E-state index contributed by atoms with van der Waals surface area (Å²) in [7, 11) is 0. The highest BCUT2D eigenvalue weighted by Gasteiger charge is 2.04. The number of hydrogen-bond donors (Lipinski definition) is 0. The summed E-state index contributed by atoms with van der Waals surface area (Å²) in [6, 6.07) is 23.9. The Morgan fingerprint density at radius 3 is 2.00 bits per heavy atom. The fourth-order valence-corrected chi connectivity index (χ4v) is 3.15. The lowest BCUT2D eigenvalue weighted by Gasteiger charge is -2.07. The summed E-state index contributed by atoms with van der Waals surface area (Å²) in [6.45, 7) is 0. The van der Waals surface area contributed by atoms with Crippen LogP contribution < -0.4 is 0 Å². The zero-order chi connectivity index (χ0) is 12.8. The second kappa shape index (κ2) is 4.07. The topological polar surface area (TPSA) is 0 Å². The second-order valence-corrected chi connectivity index (χ2v) is 5.73. The molecule has 0 unspecified atom stereocenters. The van der Waals surface area contributed by atoms with E-state index in [-0.39, 0.29) is 0 Å². The predicted octanol–water partition coefficient (Wildman–Crippen LogP) is 5.91. The van der Waals surface area contributed by atoms with Crippen molar-refractivity contribution in [3.63, 3.8) is 0 Å². The summed E-state index contributed by atoms with van der Waals surface area (Å²) in [5.74, 6) is 0. The minimum Gasteiger partial charge on any atom is -0.0616 e. The molecular weight excluding hydrogens is 296 g/mol. The standard InChI is InChI=1S/C18H11Br/c19-14-8-5-13-7-9-16-15-4-2-1-3-12(15)6-10-17(16)18(13)11-14/h1-11H. The average molecular weight is 307 g/mol. The number of halogens is 1. The Labute approximate surface area is 119 Å². The maximum absolute atomic E-state index is 3.57. The van der Waals surface area contributed by atoms with E-state index in [1.54, 1.807) is 0 Å². The first-order valence-corrected chi connectivity index (χ1v) is 7.12. The van der Waals surface area contributed by atoms with Crippen LogP contribution in [0, 0.1) is 0 Å². The molecule has 0 fully saturated rings. The lowest BCUT2D eigenvalue weighted by molar-refractivity contribution is 1.73. The molecule has 4 aromatic rings. The lowest BCUT2D eigenvalue weighted by atomic mass is 9.97. The summed E-state index contributed by atoms with van der Waals surface area (Å²) in [6.07, 6.45) is 0. The highest BCUT2D eigenvalue weighted by molar-refractivity contribution is 9.10.